The van der Waals surface area contributed by atoms with Gasteiger partial charge < -0.3 is 14.8 Å². The molecule has 1 aliphatic rings. The normalized spacial score (nSPS) is 17.2. The fraction of sp³-hybridized carbons (Fsp3) is 0.538. The van der Waals surface area contributed by atoms with Crippen LogP contribution in [0.1, 0.15) is 25.8 Å². The molecule has 1 N–H and O–H groups in total. The Morgan fingerprint density at radius 2 is 1.94 bits per heavy atom. The second kappa shape index (κ2) is 3.89. The third-order valence-electron chi connectivity index (χ3n) is 3.10. The lowest BCUT2D eigenvalue weighted by Gasteiger charge is -2.34. The molecule has 0 saturated carbocycles. The van der Waals surface area contributed by atoms with Crippen LogP contribution in [-0.4, -0.2) is 19.8 Å². The molecular weight excluding hydrogens is 202 g/mol. The van der Waals surface area contributed by atoms with E-state index in [1.807, 2.05) is 6.07 Å². The van der Waals surface area contributed by atoms with Gasteiger partial charge in [-0.2, -0.15) is 0 Å². The van der Waals surface area contributed by atoms with Crippen molar-refractivity contribution in [3.05, 3.63) is 17.7 Å². The van der Waals surface area contributed by atoms with Crippen molar-refractivity contribution in [3.8, 4) is 11.5 Å². The van der Waals surface area contributed by atoms with Gasteiger partial charge in [0.1, 0.15) is 11.5 Å². The molecule has 1 aliphatic heterocycles. The number of rotatable bonds is 2. The SMILES string of the molecule is COc1cc2c(c(OC)c1)NC(C)(C)CC2. The van der Waals surface area contributed by atoms with E-state index in [0.717, 1.165) is 30.0 Å². The van der Waals surface area contributed by atoms with Crippen LogP contribution in [0.4, 0.5) is 5.69 Å². The van der Waals surface area contributed by atoms with E-state index in [1.54, 1.807) is 14.2 Å². The minimum Gasteiger partial charge on any atom is -0.497 e. The van der Waals surface area contributed by atoms with Crippen LogP contribution >= 0.6 is 0 Å². The number of methoxy groups -OCH3 is 2. The fourth-order valence-corrected chi connectivity index (χ4v) is 2.11. The summed E-state index contributed by atoms with van der Waals surface area (Å²) in [5.41, 5.74) is 2.52. The number of anilines is 1. The van der Waals surface area contributed by atoms with E-state index >= 15 is 0 Å². The number of hydrogen-bond donors (Lipinski definition) is 1. The molecule has 0 aromatic heterocycles. The highest BCUT2D eigenvalue weighted by molar-refractivity contribution is 5.67. The van der Waals surface area contributed by atoms with Gasteiger partial charge in [-0.15, -0.1) is 0 Å². The topological polar surface area (TPSA) is 30.5 Å². The summed E-state index contributed by atoms with van der Waals surface area (Å²) in [4.78, 5) is 0. The van der Waals surface area contributed by atoms with E-state index in [2.05, 4.69) is 25.2 Å². The first-order valence-corrected chi connectivity index (χ1v) is 5.59. The van der Waals surface area contributed by atoms with E-state index in [4.69, 9.17) is 9.47 Å². The first-order chi connectivity index (χ1) is 7.55. The van der Waals surface area contributed by atoms with E-state index in [0.29, 0.717) is 0 Å². The van der Waals surface area contributed by atoms with Gasteiger partial charge in [0.2, 0.25) is 0 Å². The predicted molar refractivity (Wildman–Crippen MR) is 65.6 cm³/mol. The fourth-order valence-electron chi connectivity index (χ4n) is 2.11. The number of aryl methyl sites for hydroxylation is 1. The number of fused-ring (bicyclic) bond motifs is 1. The second-order valence-corrected chi connectivity index (χ2v) is 4.87. The lowest BCUT2D eigenvalue weighted by molar-refractivity contribution is 0.390. The Morgan fingerprint density at radius 3 is 2.56 bits per heavy atom. The molecule has 0 saturated heterocycles. The minimum atomic E-state index is 0.134. The van der Waals surface area contributed by atoms with Crippen LogP contribution in [-0.2, 0) is 6.42 Å². The van der Waals surface area contributed by atoms with Gasteiger partial charge in [-0.3, -0.25) is 0 Å². The third-order valence-corrected chi connectivity index (χ3v) is 3.10. The summed E-state index contributed by atoms with van der Waals surface area (Å²) in [5.74, 6) is 1.72. The van der Waals surface area contributed by atoms with Crippen LogP contribution in [0, 0.1) is 0 Å². The Hall–Kier alpha value is -1.38. The quantitative estimate of drug-likeness (QED) is 0.833. The summed E-state index contributed by atoms with van der Waals surface area (Å²) < 4.78 is 10.7. The van der Waals surface area contributed by atoms with Crippen LogP contribution in [0.3, 0.4) is 0 Å². The summed E-state index contributed by atoms with van der Waals surface area (Å²) in [5, 5.41) is 3.53. The molecule has 2 rings (SSSR count). The highest BCUT2D eigenvalue weighted by Crippen LogP contribution is 2.40. The van der Waals surface area contributed by atoms with Gasteiger partial charge in [0.15, 0.2) is 0 Å². The molecule has 0 radical (unpaired) electrons. The predicted octanol–water partition coefficient (Wildman–Crippen LogP) is 2.84. The van der Waals surface area contributed by atoms with Gasteiger partial charge in [0.25, 0.3) is 0 Å². The molecule has 88 valence electrons. The summed E-state index contributed by atoms with van der Waals surface area (Å²) in [7, 11) is 3.37. The molecule has 3 nitrogen and oxygen atoms in total. The Morgan fingerprint density at radius 1 is 1.19 bits per heavy atom. The molecule has 1 heterocycles. The molecule has 0 spiro atoms. The molecule has 0 fully saturated rings. The maximum absolute atomic E-state index is 5.41. The Balaban J connectivity index is 2.46. The van der Waals surface area contributed by atoms with Crippen LogP contribution < -0.4 is 14.8 Å². The first-order valence-electron chi connectivity index (χ1n) is 5.59. The second-order valence-electron chi connectivity index (χ2n) is 4.87. The highest BCUT2D eigenvalue weighted by Gasteiger charge is 2.26. The maximum atomic E-state index is 5.41. The van der Waals surface area contributed by atoms with E-state index in [9.17, 15) is 0 Å². The molecule has 0 aliphatic carbocycles. The summed E-state index contributed by atoms with van der Waals surface area (Å²) >= 11 is 0. The van der Waals surface area contributed by atoms with Gasteiger partial charge in [-0.25, -0.2) is 0 Å². The zero-order valence-corrected chi connectivity index (χ0v) is 10.4. The maximum Gasteiger partial charge on any atom is 0.145 e. The van der Waals surface area contributed by atoms with Crippen molar-refractivity contribution in [1.29, 1.82) is 0 Å². The van der Waals surface area contributed by atoms with Crippen LogP contribution in [0.2, 0.25) is 0 Å². The number of hydrogen-bond acceptors (Lipinski definition) is 3. The Labute approximate surface area is 96.8 Å². The molecule has 1 aromatic carbocycles. The number of nitrogens with one attached hydrogen (secondary N) is 1. The van der Waals surface area contributed by atoms with E-state index in [1.165, 1.54) is 5.56 Å². The Bertz CT molecular complexity index is 382. The summed E-state index contributed by atoms with van der Waals surface area (Å²) in [6, 6.07) is 4.01. The van der Waals surface area contributed by atoms with Crippen molar-refractivity contribution in [2.45, 2.75) is 32.2 Å². The number of ether oxygens (including phenoxy) is 2. The summed E-state index contributed by atoms with van der Waals surface area (Å²) in [6.45, 7) is 4.42. The average Bonchev–Trinajstić information content (AvgIpc) is 2.26. The van der Waals surface area contributed by atoms with Gasteiger partial charge in [-0.05, 0) is 38.3 Å². The van der Waals surface area contributed by atoms with E-state index < -0.39 is 0 Å². The molecule has 0 bridgehead atoms. The van der Waals surface area contributed by atoms with Crippen LogP contribution in [0.5, 0.6) is 11.5 Å². The Kier molecular flexibility index (Phi) is 2.70. The third kappa shape index (κ3) is 1.94. The zero-order chi connectivity index (χ0) is 11.8. The van der Waals surface area contributed by atoms with Gasteiger partial charge in [-0.1, -0.05) is 0 Å². The summed E-state index contributed by atoms with van der Waals surface area (Å²) in [6.07, 6.45) is 2.18. The van der Waals surface area contributed by atoms with E-state index in [-0.39, 0.29) is 5.54 Å². The van der Waals surface area contributed by atoms with Gasteiger partial charge in [0.05, 0.1) is 19.9 Å². The van der Waals surface area contributed by atoms with Crippen LogP contribution in [0.25, 0.3) is 0 Å². The minimum absolute atomic E-state index is 0.134. The van der Waals surface area contributed by atoms with Crippen molar-refractivity contribution in [3.63, 3.8) is 0 Å². The molecule has 1 aromatic rings. The molecular formula is C13H19NO2. The van der Waals surface area contributed by atoms with Crippen LogP contribution in [0.15, 0.2) is 12.1 Å². The zero-order valence-electron chi connectivity index (χ0n) is 10.4. The van der Waals surface area contributed by atoms with Crippen molar-refractivity contribution < 1.29 is 9.47 Å². The van der Waals surface area contributed by atoms with Gasteiger partial charge in [0, 0.05) is 11.6 Å². The molecule has 0 unspecified atom stereocenters. The highest BCUT2D eigenvalue weighted by atomic mass is 16.5. The largest absolute Gasteiger partial charge is 0.497 e. The number of benzene rings is 1. The van der Waals surface area contributed by atoms with Crippen molar-refractivity contribution in [2.75, 3.05) is 19.5 Å². The molecule has 0 atom stereocenters. The van der Waals surface area contributed by atoms with Crippen molar-refractivity contribution >= 4 is 5.69 Å². The average molecular weight is 221 g/mol. The molecule has 3 heteroatoms. The molecule has 0 amide bonds. The lowest BCUT2D eigenvalue weighted by Crippen LogP contribution is -2.35. The monoisotopic (exact) mass is 221 g/mol. The van der Waals surface area contributed by atoms with Gasteiger partial charge >= 0.3 is 0 Å². The molecule has 16 heavy (non-hydrogen) atoms. The smallest absolute Gasteiger partial charge is 0.145 e. The van der Waals surface area contributed by atoms with Crippen molar-refractivity contribution in [1.82, 2.24) is 0 Å². The van der Waals surface area contributed by atoms with Crippen molar-refractivity contribution in [2.24, 2.45) is 0 Å². The lowest BCUT2D eigenvalue weighted by atomic mass is 9.89. The standard InChI is InChI=1S/C13H19NO2/c1-13(2)6-5-9-7-10(15-3)8-11(16-4)12(9)14-13/h7-8,14H,5-6H2,1-4H3. The first kappa shape index (κ1) is 11.1.